The largest absolute Gasteiger partial charge is 0.361 e. The summed E-state index contributed by atoms with van der Waals surface area (Å²) in [5, 5.41) is 3.04. The Bertz CT molecular complexity index is 957. The molecule has 1 amide bonds. The van der Waals surface area contributed by atoms with Gasteiger partial charge in [-0.05, 0) is 48.1 Å². The molecule has 2 aromatic carbocycles. The SMILES string of the molecule is C=CCCCCCCCCCCNC(=O)Cc1ccc2c(c1)C(=[N+]=[N-])c1ccccc1-2. The number of rotatable bonds is 13. The predicted molar refractivity (Wildman–Crippen MR) is 127 cm³/mol. The van der Waals surface area contributed by atoms with Gasteiger partial charge >= 0.3 is 5.71 Å². The Labute approximate surface area is 186 Å². The highest BCUT2D eigenvalue weighted by molar-refractivity contribution is 6.21. The molecule has 0 aromatic heterocycles. The Balaban J connectivity index is 1.37. The number of amides is 1. The summed E-state index contributed by atoms with van der Waals surface area (Å²) in [7, 11) is 0. The quantitative estimate of drug-likeness (QED) is 0.156. The molecule has 4 heteroatoms. The summed E-state index contributed by atoms with van der Waals surface area (Å²) in [6.07, 6.45) is 13.4. The molecule has 0 saturated carbocycles. The van der Waals surface area contributed by atoms with Crippen molar-refractivity contribution in [2.75, 3.05) is 6.54 Å². The highest BCUT2D eigenvalue weighted by Crippen LogP contribution is 2.36. The van der Waals surface area contributed by atoms with E-state index in [9.17, 15) is 10.3 Å². The molecule has 4 nitrogen and oxygen atoms in total. The van der Waals surface area contributed by atoms with Crippen LogP contribution in [0.1, 0.15) is 74.5 Å². The van der Waals surface area contributed by atoms with Gasteiger partial charge in [0, 0.05) is 6.54 Å². The first-order chi connectivity index (χ1) is 15.2. The smallest absolute Gasteiger partial charge is 0.330 e. The van der Waals surface area contributed by atoms with Gasteiger partial charge in [-0.15, -0.1) is 6.58 Å². The van der Waals surface area contributed by atoms with Gasteiger partial charge < -0.3 is 10.8 Å². The number of unbranched alkanes of at least 4 members (excludes halogenated alkanes) is 8. The van der Waals surface area contributed by atoms with E-state index in [2.05, 4.69) is 16.7 Å². The van der Waals surface area contributed by atoms with Crippen molar-refractivity contribution in [2.45, 2.75) is 64.2 Å². The Morgan fingerprint density at radius 1 is 0.871 bits per heavy atom. The first kappa shape index (κ1) is 22.7. The molecule has 0 bridgehead atoms. The first-order valence-electron chi connectivity index (χ1n) is 11.6. The normalized spacial score (nSPS) is 11.5. The predicted octanol–water partition coefficient (Wildman–Crippen LogP) is 6.09. The van der Waals surface area contributed by atoms with Crippen LogP contribution < -0.4 is 5.32 Å². The van der Waals surface area contributed by atoms with E-state index in [1.807, 2.05) is 48.5 Å². The Morgan fingerprint density at radius 3 is 2.23 bits per heavy atom. The average Bonchev–Trinajstić information content (AvgIpc) is 3.10. The van der Waals surface area contributed by atoms with Gasteiger partial charge in [0.25, 0.3) is 0 Å². The van der Waals surface area contributed by atoms with Crippen molar-refractivity contribution in [2.24, 2.45) is 0 Å². The number of nitrogens with zero attached hydrogens (tertiary/aromatic N) is 2. The van der Waals surface area contributed by atoms with Crippen molar-refractivity contribution < 1.29 is 9.58 Å². The van der Waals surface area contributed by atoms with Crippen molar-refractivity contribution in [3.63, 3.8) is 0 Å². The molecule has 0 saturated heterocycles. The van der Waals surface area contributed by atoms with E-state index in [0.29, 0.717) is 12.1 Å². The van der Waals surface area contributed by atoms with Crippen LogP contribution in [-0.4, -0.2) is 23.0 Å². The fraction of sp³-hybridized carbons (Fsp3) is 0.407. The summed E-state index contributed by atoms with van der Waals surface area (Å²) in [4.78, 5) is 15.9. The van der Waals surface area contributed by atoms with Crippen LogP contribution in [0, 0.1) is 0 Å². The molecule has 1 aliphatic rings. The second kappa shape index (κ2) is 12.0. The summed E-state index contributed by atoms with van der Waals surface area (Å²) in [6.45, 7) is 4.49. The van der Waals surface area contributed by atoms with Crippen molar-refractivity contribution in [3.05, 3.63) is 77.3 Å². The van der Waals surface area contributed by atoms with Gasteiger partial charge in [0.15, 0.2) is 0 Å². The van der Waals surface area contributed by atoms with E-state index in [1.54, 1.807) is 0 Å². The molecular weight excluding hydrogens is 382 g/mol. The number of carbonyl (C=O) groups excluding carboxylic acids is 1. The summed E-state index contributed by atoms with van der Waals surface area (Å²) in [6, 6.07) is 13.9. The van der Waals surface area contributed by atoms with E-state index >= 15 is 0 Å². The van der Waals surface area contributed by atoms with Crippen LogP contribution in [0.2, 0.25) is 0 Å². The summed E-state index contributed by atoms with van der Waals surface area (Å²) in [5.74, 6) is 0.0418. The van der Waals surface area contributed by atoms with E-state index in [0.717, 1.165) is 47.2 Å². The number of hydrogen-bond acceptors (Lipinski definition) is 1. The maximum atomic E-state index is 12.3. The minimum Gasteiger partial charge on any atom is -0.361 e. The molecular formula is C27H33N3O. The molecule has 1 aliphatic carbocycles. The number of allylic oxidation sites excluding steroid dienone is 1. The summed E-state index contributed by atoms with van der Waals surface area (Å²) in [5.41, 5.74) is 14.9. The van der Waals surface area contributed by atoms with Crippen molar-refractivity contribution in [1.29, 1.82) is 0 Å². The second-order valence-electron chi connectivity index (χ2n) is 8.31. The van der Waals surface area contributed by atoms with E-state index in [-0.39, 0.29) is 5.91 Å². The lowest BCUT2D eigenvalue weighted by atomic mass is 10.0. The van der Waals surface area contributed by atoms with Crippen molar-refractivity contribution in [3.8, 4) is 11.1 Å². The van der Waals surface area contributed by atoms with E-state index in [4.69, 9.17) is 0 Å². The third-order valence-corrected chi connectivity index (χ3v) is 5.93. The van der Waals surface area contributed by atoms with Gasteiger partial charge in [0.1, 0.15) is 0 Å². The fourth-order valence-electron chi connectivity index (χ4n) is 4.26. The monoisotopic (exact) mass is 415 g/mol. The maximum Gasteiger partial charge on any atom is 0.330 e. The van der Waals surface area contributed by atoms with Crippen LogP contribution in [-0.2, 0) is 11.2 Å². The molecule has 0 fully saturated rings. The first-order valence-corrected chi connectivity index (χ1v) is 11.6. The molecule has 0 radical (unpaired) electrons. The van der Waals surface area contributed by atoms with E-state index < -0.39 is 0 Å². The molecule has 1 N–H and O–H groups in total. The molecule has 0 spiro atoms. The van der Waals surface area contributed by atoms with Crippen molar-refractivity contribution in [1.82, 2.24) is 5.32 Å². The molecule has 2 aromatic rings. The number of fused-ring (bicyclic) bond motifs is 3. The van der Waals surface area contributed by atoms with Gasteiger partial charge in [-0.2, -0.15) is 4.79 Å². The lowest BCUT2D eigenvalue weighted by Gasteiger charge is -2.07. The minimum absolute atomic E-state index is 0.0418. The van der Waals surface area contributed by atoms with Crippen LogP contribution in [0.15, 0.2) is 55.1 Å². The summed E-state index contributed by atoms with van der Waals surface area (Å²) < 4.78 is 0. The summed E-state index contributed by atoms with van der Waals surface area (Å²) >= 11 is 0. The Kier molecular flexibility index (Phi) is 8.81. The number of benzene rings is 2. The second-order valence-corrected chi connectivity index (χ2v) is 8.31. The maximum absolute atomic E-state index is 12.3. The molecule has 0 heterocycles. The minimum atomic E-state index is 0.0418. The van der Waals surface area contributed by atoms with Crippen molar-refractivity contribution >= 4 is 11.6 Å². The lowest BCUT2D eigenvalue weighted by molar-refractivity contribution is -0.120. The molecule has 162 valence electrons. The van der Waals surface area contributed by atoms with Gasteiger partial charge in [0.2, 0.25) is 5.91 Å². The molecule has 0 unspecified atom stereocenters. The number of carbonyl (C=O) groups is 1. The molecule has 31 heavy (non-hydrogen) atoms. The van der Waals surface area contributed by atoms with Gasteiger partial charge in [-0.3, -0.25) is 4.79 Å². The van der Waals surface area contributed by atoms with Crippen LogP contribution in [0.3, 0.4) is 0 Å². The zero-order chi connectivity index (χ0) is 21.9. The third-order valence-electron chi connectivity index (χ3n) is 5.93. The van der Waals surface area contributed by atoms with E-state index in [1.165, 1.54) is 44.9 Å². The average molecular weight is 416 g/mol. The Morgan fingerprint density at radius 2 is 1.52 bits per heavy atom. The molecule has 3 rings (SSSR count). The zero-order valence-electron chi connectivity index (χ0n) is 18.4. The van der Waals surface area contributed by atoms with Gasteiger partial charge in [0.05, 0.1) is 17.5 Å². The fourth-order valence-corrected chi connectivity index (χ4v) is 4.26. The highest BCUT2D eigenvalue weighted by atomic mass is 16.1. The van der Waals surface area contributed by atoms with Crippen LogP contribution in [0.5, 0.6) is 0 Å². The number of hydrogen-bond donors (Lipinski definition) is 1. The molecule has 0 atom stereocenters. The van der Waals surface area contributed by atoms with Crippen LogP contribution in [0.25, 0.3) is 16.7 Å². The number of nitrogens with one attached hydrogen (secondary N) is 1. The Hall–Kier alpha value is -2.97. The zero-order valence-corrected chi connectivity index (χ0v) is 18.4. The standard InChI is InChI=1S/C27H33N3O/c1-2-3-4-5-6-7-8-9-10-13-18-29-26(31)20-21-16-17-23-22-14-11-12-15-24(22)27(30-28)25(23)19-21/h2,11-12,14-17,19H,1,3-10,13,18,20H2,(H,29,31). The molecule has 0 aliphatic heterocycles. The van der Waals surface area contributed by atoms with Crippen LogP contribution in [0.4, 0.5) is 0 Å². The lowest BCUT2D eigenvalue weighted by Crippen LogP contribution is -2.26. The third kappa shape index (κ3) is 6.26. The van der Waals surface area contributed by atoms with Gasteiger partial charge in [-0.25, -0.2) is 0 Å². The van der Waals surface area contributed by atoms with Gasteiger partial charge in [-0.1, -0.05) is 74.9 Å². The topological polar surface area (TPSA) is 65.5 Å². The van der Waals surface area contributed by atoms with Crippen LogP contribution >= 0.6 is 0 Å². The highest BCUT2D eigenvalue weighted by Gasteiger charge is 2.31.